The molecule has 0 aromatic heterocycles. The SMILES string of the molecule is C=CCCCCCCCC(=O)OC(CCCCCCCC(C)=O)CS(=O)(=O)[O-].[Na+]. The number of ether oxygens (including phenoxy) is 1. The fourth-order valence-corrected chi connectivity index (χ4v) is 3.70. The van der Waals surface area contributed by atoms with Crippen LogP contribution in [0.1, 0.15) is 96.8 Å². The van der Waals surface area contributed by atoms with E-state index in [1.54, 1.807) is 6.92 Å². The topological polar surface area (TPSA) is 101 Å². The molecule has 0 heterocycles. The summed E-state index contributed by atoms with van der Waals surface area (Å²) in [6.07, 6.45) is 12.4. The van der Waals surface area contributed by atoms with E-state index in [4.69, 9.17) is 4.74 Å². The molecule has 0 spiro atoms. The molecule has 0 radical (unpaired) electrons. The van der Waals surface area contributed by atoms with Gasteiger partial charge in [-0.05, 0) is 45.4 Å². The molecule has 29 heavy (non-hydrogen) atoms. The van der Waals surface area contributed by atoms with E-state index in [9.17, 15) is 22.6 Å². The number of rotatable bonds is 19. The summed E-state index contributed by atoms with van der Waals surface area (Å²) in [5.74, 6) is -0.907. The van der Waals surface area contributed by atoms with Crippen LogP contribution in [-0.2, 0) is 24.4 Å². The van der Waals surface area contributed by atoms with Crippen LogP contribution < -0.4 is 29.6 Å². The van der Waals surface area contributed by atoms with Crippen LogP contribution in [-0.4, -0.2) is 36.6 Å². The van der Waals surface area contributed by atoms with Crippen LogP contribution in [0.5, 0.6) is 0 Å². The Hall–Kier alpha value is -0.210. The third-order valence-corrected chi connectivity index (χ3v) is 5.31. The van der Waals surface area contributed by atoms with Crippen LogP contribution in [0.3, 0.4) is 0 Å². The van der Waals surface area contributed by atoms with Gasteiger partial charge in [-0.2, -0.15) is 0 Å². The first-order valence-corrected chi connectivity index (χ1v) is 12.1. The minimum absolute atomic E-state index is 0. The molecule has 0 fully saturated rings. The Balaban J connectivity index is 0. The number of ketones is 1. The summed E-state index contributed by atoms with van der Waals surface area (Å²) >= 11 is 0. The third-order valence-electron chi connectivity index (χ3n) is 4.53. The minimum atomic E-state index is -4.44. The van der Waals surface area contributed by atoms with E-state index in [1.165, 1.54) is 0 Å². The second-order valence-corrected chi connectivity index (χ2v) is 8.89. The zero-order valence-corrected chi connectivity index (χ0v) is 21.1. The average Bonchev–Trinajstić information content (AvgIpc) is 2.58. The molecule has 8 heteroatoms. The van der Waals surface area contributed by atoms with Crippen molar-refractivity contribution in [1.82, 2.24) is 0 Å². The Morgan fingerprint density at radius 3 is 2.00 bits per heavy atom. The van der Waals surface area contributed by atoms with Crippen molar-refractivity contribution in [2.75, 3.05) is 5.75 Å². The van der Waals surface area contributed by atoms with Crippen molar-refractivity contribution in [1.29, 1.82) is 0 Å². The van der Waals surface area contributed by atoms with E-state index in [0.717, 1.165) is 57.8 Å². The number of carbonyl (C=O) groups is 2. The van der Waals surface area contributed by atoms with Crippen molar-refractivity contribution < 1.29 is 56.9 Å². The van der Waals surface area contributed by atoms with Crippen molar-refractivity contribution in [3.05, 3.63) is 12.7 Å². The maximum absolute atomic E-state index is 11.9. The molecule has 164 valence electrons. The zero-order valence-electron chi connectivity index (χ0n) is 18.3. The summed E-state index contributed by atoms with van der Waals surface area (Å²) in [6.45, 7) is 5.25. The largest absolute Gasteiger partial charge is 1.00 e. The Bertz CT molecular complexity index is 547. The zero-order chi connectivity index (χ0) is 21.3. The number of esters is 1. The van der Waals surface area contributed by atoms with Crippen molar-refractivity contribution in [2.24, 2.45) is 0 Å². The molecule has 0 aromatic rings. The number of Topliss-reactive ketones (excluding diaryl/α,β-unsaturated/α-hetero) is 1. The number of hydrogen-bond acceptors (Lipinski definition) is 6. The molecule has 6 nitrogen and oxygen atoms in total. The van der Waals surface area contributed by atoms with Crippen LogP contribution in [0.25, 0.3) is 0 Å². The van der Waals surface area contributed by atoms with Crippen LogP contribution in [0.2, 0.25) is 0 Å². The molecule has 0 aliphatic heterocycles. The summed E-state index contributed by atoms with van der Waals surface area (Å²) in [5.41, 5.74) is 0. The van der Waals surface area contributed by atoms with Gasteiger partial charge in [-0.1, -0.05) is 44.6 Å². The average molecular weight is 441 g/mol. The summed E-state index contributed by atoms with van der Waals surface area (Å²) < 4.78 is 38.4. The minimum Gasteiger partial charge on any atom is -0.748 e. The van der Waals surface area contributed by atoms with E-state index in [0.29, 0.717) is 25.7 Å². The van der Waals surface area contributed by atoms with E-state index in [-0.39, 0.29) is 41.8 Å². The van der Waals surface area contributed by atoms with Crippen molar-refractivity contribution in [3.63, 3.8) is 0 Å². The fraction of sp³-hybridized carbons (Fsp3) is 0.810. The fourth-order valence-electron chi connectivity index (χ4n) is 3.01. The Morgan fingerprint density at radius 1 is 0.931 bits per heavy atom. The summed E-state index contributed by atoms with van der Waals surface area (Å²) in [7, 11) is -4.44. The number of carbonyl (C=O) groups excluding carboxylic acids is 2. The first-order valence-electron chi connectivity index (χ1n) is 10.5. The molecule has 0 aliphatic carbocycles. The smallest absolute Gasteiger partial charge is 0.748 e. The second kappa shape index (κ2) is 19.7. The van der Waals surface area contributed by atoms with Gasteiger partial charge in [0.15, 0.2) is 0 Å². The van der Waals surface area contributed by atoms with Gasteiger partial charge in [-0.15, -0.1) is 6.58 Å². The van der Waals surface area contributed by atoms with Gasteiger partial charge < -0.3 is 14.1 Å². The maximum atomic E-state index is 11.9. The van der Waals surface area contributed by atoms with Gasteiger partial charge >= 0.3 is 35.5 Å². The van der Waals surface area contributed by atoms with Gasteiger partial charge in [0.1, 0.15) is 11.9 Å². The molecule has 0 aliphatic rings. The number of unbranched alkanes of at least 4 members (excludes halogenated alkanes) is 9. The predicted octanol–water partition coefficient (Wildman–Crippen LogP) is 1.68. The molecule has 0 amide bonds. The van der Waals surface area contributed by atoms with Gasteiger partial charge in [-0.25, -0.2) is 8.42 Å². The first-order chi connectivity index (χ1) is 13.2. The predicted molar refractivity (Wildman–Crippen MR) is 110 cm³/mol. The Kier molecular flexibility index (Phi) is 21.1. The molecular weight excluding hydrogens is 403 g/mol. The monoisotopic (exact) mass is 440 g/mol. The molecule has 0 N–H and O–H groups in total. The van der Waals surface area contributed by atoms with Crippen molar-refractivity contribution in [3.8, 4) is 0 Å². The molecule has 0 saturated carbocycles. The van der Waals surface area contributed by atoms with Crippen LogP contribution >= 0.6 is 0 Å². The van der Waals surface area contributed by atoms with Crippen LogP contribution in [0, 0.1) is 0 Å². The third kappa shape index (κ3) is 23.9. The van der Waals surface area contributed by atoms with Crippen molar-refractivity contribution in [2.45, 2.75) is 103 Å². The first kappa shape index (κ1) is 31.0. The normalized spacial score (nSPS) is 12.1. The van der Waals surface area contributed by atoms with Gasteiger partial charge in [0, 0.05) is 12.8 Å². The molecular formula is C21H37NaO6S. The molecule has 0 rings (SSSR count). The summed E-state index contributed by atoms with van der Waals surface area (Å²) in [5, 5.41) is 0. The van der Waals surface area contributed by atoms with Gasteiger partial charge in [0.2, 0.25) is 0 Å². The molecule has 1 unspecified atom stereocenters. The van der Waals surface area contributed by atoms with E-state index < -0.39 is 27.9 Å². The summed E-state index contributed by atoms with van der Waals surface area (Å²) in [6, 6.07) is 0. The Morgan fingerprint density at radius 2 is 1.45 bits per heavy atom. The van der Waals surface area contributed by atoms with Gasteiger partial charge in [0.25, 0.3) is 0 Å². The summed E-state index contributed by atoms with van der Waals surface area (Å²) in [4.78, 5) is 22.8. The maximum Gasteiger partial charge on any atom is 1.00 e. The molecule has 0 saturated heterocycles. The molecule has 1 atom stereocenters. The van der Waals surface area contributed by atoms with E-state index in [1.807, 2.05) is 6.08 Å². The standard InChI is InChI=1S/C21H38O6S.Na/c1-3-4-5-6-7-11-14-17-21(23)27-20(18-28(24,25)26)16-13-10-8-9-12-15-19(2)22;/h3,20H,1,4-18H2,2H3,(H,24,25,26);/q;+1/p-1. The molecule has 0 aromatic carbocycles. The quantitative estimate of drug-likeness (QED) is 0.0996. The van der Waals surface area contributed by atoms with E-state index >= 15 is 0 Å². The number of allylic oxidation sites excluding steroid dienone is 1. The molecule has 0 bridgehead atoms. The van der Waals surface area contributed by atoms with Crippen LogP contribution in [0.4, 0.5) is 0 Å². The van der Waals surface area contributed by atoms with Crippen LogP contribution in [0.15, 0.2) is 12.7 Å². The van der Waals surface area contributed by atoms with E-state index in [2.05, 4.69) is 6.58 Å². The second-order valence-electron chi connectivity index (χ2n) is 7.44. The number of hydrogen-bond donors (Lipinski definition) is 0. The van der Waals surface area contributed by atoms with Gasteiger partial charge in [-0.3, -0.25) is 4.79 Å². The Labute approximate surface area is 199 Å². The van der Waals surface area contributed by atoms with Crippen molar-refractivity contribution >= 4 is 21.9 Å². The van der Waals surface area contributed by atoms with Gasteiger partial charge in [0.05, 0.1) is 15.9 Å².